The van der Waals surface area contributed by atoms with Gasteiger partial charge in [0.05, 0.1) is 0 Å². The molecule has 0 saturated heterocycles. The van der Waals surface area contributed by atoms with Crippen LogP contribution in [0.2, 0.25) is 0 Å². The summed E-state index contributed by atoms with van der Waals surface area (Å²) in [6.45, 7) is 4.46. The first kappa shape index (κ1) is 12.5. The highest BCUT2D eigenvalue weighted by molar-refractivity contribution is 6.33. The zero-order valence-corrected chi connectivity index (χ0v) is 6.54. The van der Waals surface area contributed by atoms with Crippen molar-refractivity contribution in [1.82, 2.24) is 0 Å². The monoisotopic (exact) mass is 154 g/mol. The Hall–Kier alpha value is -0.145. The van der Waals surface area contributed by atoms with Gasteiger partial charge in [0.15, 0.2) is 0 Å². The second-order valence-electron chi connectivity index (χ2n) is 1.95. The van der Waals surface area contributed by atoms with Crippen LogP contribution in [0, 0.1) is 0 Å². The summed E-state index contributed by atoms with van der Waals surface area (Å²) in [6, 6.07) is 0. The lowest BCUT2D eigenvalue weighted by molar-refractivity contribution is 0.535. The molecule has 0 spiro atoms. The van der Waals surface area contributed by atoms with Crippen molar-refractivity contribution in [3.63, 3.8) is 0 Å². The molecule has 0 heterocycles. The molecule has 0 unspecified atom stereocenters. The molecule has 0 aromatic rings. The number of hydrogen-bond acceptors (Lipinski definition) is 0. The molecule has 0 aromatic heterocycles. The molecule has 0 N–H and O–H groups in total. The average molecular weight is 154 g/mol. The van der Waals surface area contributed by atoms with Crippen LogP contribution in [0.25, 0.3) is 0 Å². The van der Waals surface area contributed by atoms with E-state index in [2.05, 4.69) is 13.8 Å². The van der Waals surface area contributed by atoms with Crippen LogP contribution in [0.4, 0.5) is 12.9 Å². The molecule has 0 aromatic carbocycles. The first-order chi connectivity index (χ1) is 4.65. The summed E-state index contributed by atoms with van der Waals surface area (Å²) in [4.78, 5) is 0. The van der Waals surface area contributed by atoms with Gasteiger partial charge in [0.1, 0.15) is 0 Å². The van der Waals surface area contributed by atoms with Crippen LogP contribution >= 0.6 is 0 Å². The fourth-order valence-corrected chi connectivity index (χ4v) is 0.500. The SMILES string of the molecule is CCCCCC.FB(F)F. The molecule has 0 aliphatic carbocycles. The Kier molecular flexibility index (Phi) is 14.6. The smallest absolute Gasteiger partial charge is 0.254 e. The predicted octanol–water partition coefficient (Wildman–Crippen LogP) is 3.47. The summed E-state index contributed by atoms with van der Waals surface area (Å²) in [6.07, 6.45) is 5.54. The van der Waals surface area contributed by atoms with Gasteiger partial charge in [-0.05, 0) is 0 Å². The molecular formula is C6H14BF3. The number of halogens is 3. The van der Waals surface area contributed by atoms with Crippen LogP contribution in [0.3, 0.4) is 0 Å². The van der Waals surface area contributed by atoms with E-state index < -0.39 is 7.54 Å². The van der Waals surface area contributed by atoms with E-state index in [1.54, 1.807) is 0 Å². The van der Waals surface area contributed by atoms with Gasteiger partial charge in [-0.25, -0.2) is 0 Å². The van der Waals surface area contributed by atoms with Gasteiger partial charge in [-0.1, -0.05) is 39.5 Å². The van der Waals surface area contributed by atoms with Gasteiger partial charge in [-0.15, -0.1) is 0 Å². The predicted molar refractivity (Wildman–Crippen MR) is 38.9 cm³/mol. The molecule has 0 rings (SSSR count). The summed E-state index contributed by atoms with van der Waals surface area (Å²) in [7, 11) is -3.67. The zero-order valence-electron chi connectivity index (χ0n) is 6.54. The Bertz CT molecular complexity index is 43.5. The van der Waals surface area contributed by atoms with E-state index in [-0.39, 0.29) is 0 Å². The van der Waals surface area contributed by atoms with Crippen molar-refractivity contribution in [2.45, 2.75) is 39.5 Å². The molecule has 0 fully saturated rings. The van der Waals surface area contributed by atoms with Crippen molar-refractivity contribution in [3.05, 3.63) is 0 Å². The highest BCUT2D eigenvalue weighted by Crippen LogP contribution is 1.95. The largest absolute Gasteiger partial charge is 0.762 e. The van der Waals surface area contributed by atoms with Gasteiger partial charge >= 0.3 is 7.54 Å². The van der Waals surface area contributed by atoms with E-state index in [0.29, 0.717) is 0 Å². The van der Waals surface area contributed by atoms with Crippen molar-refractivity contribution in [1.29, 1.82) is 0 Å². The normalized spacial score (nSPS) is 8.10. The average Bonchev–Trinajstić information content (AvgIpc) is 1.82. The number of hydrogen-bond donors (Lipinski definition) is 0. The third-order valence-corrected chi connectivity index (χ3v) is 0.957. The molecule has 0 radical (unpaired) electrons. The van der Waals surface area contributed by atoms with Crippen LogP contribution in [-0.2, 0) is 0 Å². The zero-order chi connectivity index (χ0) is 8.41. The summed E-state index contributed by atoms with van der Waals surface area (Å²) < 4.78 is 29.0. The lowest BCUT2D eigenvalue weighted by Crippen LogP contribution is -1.76. The lowest BCUT2D eigenvalue weighted by atomic mass is 10.2. The highest BCUT2D eigenvalue weighted by Gasteiger charge is 2.06. The maximum Gasteiger partial charge on any atom is 0.762 e. The summed E-state index contributed by atoms with van der Waals surface area (Å²) >= 11 is 0. The lowest BCUT2D eigenvalue weighted by Gasteiger charge is -1.86. The van der Waals surface area contributed by atoms with Crippen molar-refractivity contribution >= 4 is 7.54 Å². The van der Waals surface area contributed by atoms with Crippen LogP contribution in [0.5, 0.6) is 0 Å². The number of unbranched alkanes of at least 4 members (excludes halogenated alkanes) is 3. The molecule has 0 aliphatic rings. The molecule has 0 aliphatic heterocycles. The Balaban J connectivity index is 0. The van der Waals surface area contributed by atoms with Gasteiger partial charge in [0.2, 0.25) is 0 Å². The van der Waals surface area contributed by atoms with Crippen molar-refractivity contribution in [2.24, 2.45) is 0 Å². The molecule has 62 valence electrons. The number of rotatable bonds is 3. The minimum atomic E-state index is -3.67. The van der Waals surface area contributed by atoms with Gasteiger partial charge in [-0.2, -0.15) is 0 Å². The van der Waals surface area contributed by atoms with E-state index in [1.165, 1.54) is 25.7 Å². The van der Waals surface area contributed by atoms with Crippen LogP contribution in [0.15, 0.2) is 0 Å². The van der Waals surface area contributed by atoms with Gasteiger partial charge in [0, 0.05) is 0 Å². The molecule has 4 heteroatoms. The van der Waals surface area contributed by atoms with E-state index in [9.17, 15) is 12.9 Å². The van der Waals surface area contributed by atoms with E-state index in [0.717, 1.165) is 0 Å². The summed E-state index contributed by atoms with van der Waals surface area (Å²) in [5, 5.41) is 0. The Morgan fingerprint density at radius 3 is 1.20 bits per heavy atom. The van der Waals surface area contributed by atoms with Gasteiger partial charge in [-0.3, -0.25) is 12.9 Å². The first-order valence-electron chi connectivity index (χ1n) is 3.57. The Morgan fingerprint density at radius 2 is 1.10 bits per heavy atom. The molecule has 10 heavy (non-hydrogen) atoms. The first-order valence-corrected chi connectivity index (χ1v) is 3.57. The van der Waals surface area contributed by atoms with E-state index >= 15 is 0 Å². The van der Waals surface area contributed by atoms with Gasteiger partial charge < -0.3 is 0 Å². The quantitative estimate of drug-likeness (QED) is 0.431. The summed E-state index contributed by atoms with van der Waals surface area (Å²) in [5.41, 5.74) is 0. The molecule has 0 amide bonds. The van der Waals surface area contributed by atoms with Crippen molar-refractivity contribution in [3.8, 4) is 0 Å². The fraction of sp³-hybridized carbons (Fsp3) is 1.00. The van der Waals surface area contributed by atoms with Crippen molar-refractivity contribution in [2.75, 3.05) is 0 Å². The molecule has 0 atom stereocenters. The van der Waals surface area contributed by atoms with E-state index in [1.807, 2.05) is 0 Å². The molecule has 0 nitrogen and oxygen atoms in total. The second-order valence-corrected chi connectivity index (χ2v) is 1.95. The molecular weight excluding hydrogens is 140 g/mol. The van der Waals surface area contributed by atoms with Gasteiger partial charge in [0.25, 0.3) is 0 Å². The Morgan fingerprint density at radius 1 is 0.900 bits per heavy atom. The third-order valence-electron chi connectivity index (χ3n) is 0.957. The third kappa shape index (κ3) is 45.3. The van der Waals surface area contributed by atoms with Crippen LogP contribution in [-0.4, -0.2) is 7.54 Å². The second kappa shape index (κ2) is 11.6. The summed E-state index contributed by atoms with van der Waals surface area (Å²) in [5.74, 6) is 0. The minimum absolute atomic E-state index is 1.36. The highest BCUT2D eigenvalue weighted by atomic mass is 19.4. The van der Waals surface area contributed by atoms with Crippen molar-refractivity contribution < 1.29 is 12.9 Å². The maximum atomic E-state index is 9.67. The van der Waals surface area contributed by atoms with E-state index in [4.69, 9.17) is 0 Å². The Labute approximate surface area is 61.0 Å². The maximum absolute atomic E-state index is 9.67. The molecule has 0 bridgehead atoms. The fourth-order valence-electron chi connectivity index (χ4n) is 0.500. The van der Waals surface area contributed by atoms with Crippen LogP contribution < -0.4 is 0 Å². The minimum Gasteiger partial charge on any atom is -0.254 e. The standard InChI is InChI=1S/C6H14.BF3/c1-3-5-6-4-2;2-1(3)4/h3-6H2,1-2H3;. The topological polar surface area (TPSA) is 0 Å². The van der Waals surface area contributed by atoms with Crippen LogP contribution in [0.1, 0.15) is 39.5 Å². The molecule has 0 saturated carbocycles.